The third-order valence-electron chi connectivity index (χ3n) is 3.30. The largest absolute Gasteiger partial charge is 0.496 e. The number of nitrogens with one attached hydrogen (secondary N) is 1. The van der Waals surface area contributed by atoms with Crippen molar-refractivity contribution in [2.24, 2.45) is 5.10 Å². The molecule has 7 heteroatoms. The van der Waals surface area contributed by atoms with Crippen molar-refractivity contribution in [3.63, 3.8) is 0 Å². The average molecular weight is 328 g/mol. The summed E-state index contributed by atoms with van der Waals surface area (Å²) in [5.74, 6) is 2.00. The molecule has 0 aliphatic heterocycles. The van der Waals surface area contributed by atoms with Crippen molar-refractivity contribution in [2.75, 3.05) is 25.4 Å². The molecule has 0 fully saturated rings. The number of fused-ring (bicyclic) bond motifs is 1. The monoisotopic (exact) mass is 328 g/mol. The number of aromatic nitrogens is 1. The first-order valence-electron chi connectivity index (χ1n) is 6.86. The topological polar surface area (TPSA) is 81.8 Å². The lowest BCUT2D eigenvalue weighted by Crippen LogP contribution is -1.95. The van der Waals surface area contributed by atoms with Gasteiger partial charge in [0.25, 0.3) is 0 Å². The number of thiazole rings is 1. The maximum Gasteiger partial charge on any atom is 0.205 e. The standard InChI is InChI=1S/C16H16N4O2S/c1-21-13-5-3-4-10-6-11(14(22-2)7-12(10)13)8-18-20-16-19-15(17)9-23-16/h3-9H,17H2,1-2H3,(H,19,20). The SMILES string of the molecule is COc1cc2c(OC)cccc2cc1C=NNc1nc(N)cs1. The van der Waals surface area contributed by atoms with Gasteiger partial charge in [0.05, 0.1) is 20.4 Å². The summed E-state index contributed by atoms with van der Waals surface area (Å²) in [6.45, 7) is 0. The van der Waals surface area contributed by atoms with E-state index in [4.69, 9.17) is 15.2 Å². The average Bonchev–Trinajstić information content (AvgIpc) is 2.98. The Hall–Kier alpha value is -2.80. The molecule has 0 bridgehead atoms. The molecule has 0 aliphatic carbocycles. The van der Waals surface area contributed by atoms with Gasteiger partial charge in [-0.15, -0.1) is 11.3 Å². The fourth-order valence-corrected chi connectivity index (χ4v) is 2.79. The molecule has 1 aromatic heterocycles. The van der Waals surface area contributed by atoms with Crippen LogP contribution in [0.25, 0.3) is 10.8 Å². The van der Waals surface area contributed by atoms with E-state index in [0.717, 1.165) is 22.1 Å². The van der Waals surface area contributed by atoms with Crippen molar-refractivity contribution in [1.82, 2.24) is 4.98 Å². The Labute approximate surface area is 137 Å². The summed E-state index contributed by atoms with van der Waals surface area (Å²) in [4.78, 5) is 4.08. The Morgan fingerprint density at radius 3 is 2.74 bits per heavy atom. The van der Waals surface area contributed by atoms with Crippen molar-refractivity contribution in [3.8, 4) is 11.5 Å². The number of hydrogen-bond acceptors (Lipinski definition) is 7. The quantitative estimate of drug-likeness (QED) is 0.554. The van der Waals surface area contributed by atoms with Crippen LogP contribution in [0.15, 0.2) is 40.8 Å². The van der Waals surface area contributed by atoms with Gasteiger partial charge < -0.3 is 15.2 Å². The fourth-order valence-electron chi connectivity index (χ4n) is 2.24. The Morgan fingerprint density at radius 2 is 2.04 bits per heavy atom. The fraction of sp³-hybridized carbons (Fsp3) is 0.125. The summed E-state index contributed by atoms with van der Waals surface area (Å²) in [7, 11) is 3.28. The summed E-state index contributed by atoms with van der Waals surface area (Å²) >= 11 is 1.39. The number of benzene rings is 2. The van der Waals surface area contributed by atoms with Gasteiger partial charge >= 0.3 is 0 Å². The minimum atomic E-state index is 0.475. The van der Waals surface area contributed by atoms with Crippen LogP contribution in [0.5, 0.6) is 11.5 Å². The number of anilines is 2. The van der Waals surface area contributed by atoms with Crippen LogP contribution in [-0.4, -0.2) is 25.4 Å². The molecule has 3 aromatic rings. The highest BCUT2D eigenvalue weighted by Gasteiger charge is 2.07. The predicted molar refractivity (Wildman–Crippen MR) is 94.8 cm³/mol. The molecular weight excluding hydrogens is 312 g/mol. The van der Waals surface area contributed by atoms with Crippen LogP contribution in [0, 0.1) is 0 Å². The number of nitrogens with zero attached hydrogens (tertiary/aromatic N) is 2. The molecule has 6 nitrogen and oxygen atoms in total. The van der Waals surface area contributed by atoms with Crippen LogP contribution < -0.4 is 20.6 Å². The van der Waals surface area contributed by atoms with E-state index < -0.39 is 0 Å². The van der Waals surface area contributed by atoms with Gasteiger partial charge in [0.1, 0.15) is 17.3 Å². The maximum absolute atomic E-state index is 5.57. The number of rotatable bonds is 5. The zero-order valence-electron chi connectivity index (χ0n) is 12.7. The lowest BCUT2D eigenvalue weighted by Gasteiger charge is -2.10. The Bertz CT molecular complexity index is 860. The number of hydrogen-bond donors (Lipinski definition) is 2. The Kier molecular flexibility index (Phi) is 4.29. The van der Waals surface area contributed by atoms with E-state index in [2.05, 4.69) is 15.5 Å². The number of ether oxygens (including phenoxy) is 2. The molecule has 1 heterocycles. The van der Waals surface area contributed by atoms with E-state index >= 15 is 0 Å². The summed E-state index contributed by atoms with van der Waals surface area (Å²) in [6, 6.07) is 9.83. The van der Waals surface area contributed by atoms with Gasteiger partial charge in [-0.2, -0.15) is 5.10 Å². The summed E-state index contributed by atoms with van der Waals surface area (Å²) in [6.07, 6.45) is 1.69. The first-order valence-corrected chi connectivity index (χ1v) is 7.74. The molecule has 0 saturated carbocycles. The van der Waals surface area contributed by atoms with Crippen LogP contribution in [0.4, 0.5) is 10.9 Å². The predicted octanol–water partition coefficient (Wildman–Crippen LogP) is 3.34. The molecular formula is C16H16N4O2S. The van der Waals surface area contributed by atoms with Gasteiger partial charge in [-0.1, -0.05) is 12.1 Å². The maximum atomic E-state index is 5.57. The van der Waals surface area contributed by atoms with Crippen LogP contribution in [0.2, 0.25) is 0 Å². The minimum absolute atomic E-state index is 0.475. The highest BCUT2D eigenvalue weighted by atomic mass is 32.1. The molecule has 3 rings (SSSR count). The van der Waals surface area contributed by atoms with E-state index in [1.54, 1.807) is 25.8 Å². The van der Waals surface area contributed by atoms with E-state index in [1.165, 1.54) is 11.3 Å². The van der Waals surface area contributed by atoms with Gasteiger partial charge in [0.2, 0.25) is 5.13 Å². The highest BCUT2D eigenvalue weighted by molar-refractivity contribution is 7.14. The number of hydrazone groups is 1. The first-order chi connectivity index (χ1) is 11.2. The molecule has 0 unspecified atom stereocenters. The smallest absolute Gasteiger partial charge is 0.205 e. The number of methoxy groups -OCH3 is 2. The normalized spacial score (nSPS) is 11.0. The van der Waals surface area contributed by atoms with Gasteiger partial charge in [-0.05, 0) is 23.6 Å². The summed E-state index contributed by atoms with van der Waals surface area (Å²) < 4.78 is 10.8. The van der Waals surface area contributed by atoms with Crippen LogP contribution >= 0.6 is 11.3 Å². The zero-order chi connectivity index (χ0) is 16.2. The summed E-state index contributed by atoms with van der Waals surface area (Å²) in [5, 5.41) is 8.62. The van der Waals surface area contributed by atoms with E-state index in [9.17, 15) is 0 Å². The first kappa shape index (κ1) is 15.1. The van der Waals surface area contributed by atoms with E-state index in [1.807, 2.05) is 30.3 Å². The molecule has 23 heavy (non-hydrogen) atoms. The van der Waals surface area contributed by atoms with Crippen molar-refractivity contribution in [2.45, 2.75) is 0 Å². The van der Waals surface area contributed by atoms with Crippen molar-refractivity contribution >= 4 is 39.3 Å². The van der Waals surface area contributed by atoms with Gasteiger partial charge in [0, 0.05) is 16.3 Å². The lowest BCUT2D eigenvalue weighted by atomic mass is 10.1. The second kappa shape index (κ2) is 6.53. The van der Waals surface area contributed by atoms with Crippen LogP contribution in [0.3, 0.4) is 0 Å². The molecule has 0 spiro atoms. The third-order valence-corrected chi connectivity index (χ3v) is 4.06. The highest BCUT2D eigenvalue weighted by Crippen LogP contribution is 2.31. The molecule has 0 saturated heterocycles. The second-order valence-corrected chi connectivity index (χ2v) is 5.58. The van der Waals surface area contributed by atoms with Crippen LogP contribution in [0.1, 0.15) is 5.56 Å². The van der Waals surface area contributed by atoms with Gasteiger partial charge in [-0.25, -0.2) is 4.98 Å². The van der Waals surface area contributed by atoms with E-state index in [0.29, 0.717) is 16.7 Å². The minimum Gasteiger partial charge on any atom is -0.496 e. The van der Waals surface area contributed by atoms with Gasteiger partial charge in [0.15, 0.2) is 0 Å². The molecule has 0 atom stereocenters. The molecule has 0 amide bonds. The second-order valence-electron chi connectivity index (χ2n) is 4.72. The number of nitrogen functional groups attached to an aromatic ring is 1. The Morgan fingerprint density at radius 1 is 1.22 bits per heavy atom. The molecule has 0 aliphatic rings. The van der Waals surface area contributed by atoms with E-state index in [-0.39, 0.29) is 0 Å². The molecule has 0 radical (unpaired) electrons. The Balaban J connectivity index is 1.93. The molecule has 2 aromatic carbocycles. The molecule has 118 valence electrons. The lowest BCUT2D eigenvalue weighted by molar-refractivity contribution is 0.411. The number of nitrogens with two attached hydrogens (primary N) is 1. The van der Waals surface area contributed by atoms with Crippen molar-refractivity contribution in [3.05, 3.63) is 41.3 Å². The van der Waals surface area contributed by atoms with Crippen molar-refractivity contribution < 1.29 is 9.47 Å². The molecule has 3 N–H and O–H groups in total. The van der Waals surface area contributed by atoms with Crippen LogP contribution in [-0.2, 0) is 0 Å². The summed E-state index contributed by atoms with van der Waals surface area (Å²) in [5.41, 5.74) is 9.28. The van der Waals surface area contributed by atoms with Crippen molar-refractivity contribution in [1.29, 1.82) is 0 Å². The zero-order valence-corrected chi connectivity index (χ0v) is 13.6. The van der Waals surface area contributed by atoms with Gasteiger partial charge in [-0.3, -0.25) is 5.43 Å². The third kappa shape index (κ3) is 3.19.